The molecular weight excluding hydrogens is 270 g/mol. The smallest absolute Gasteiger partial charge is 0.303 e. The number of carboxylic acid groups (broad SMARTS) is 1. The largest absolute Gasteiger partial charge is 0.493 e. The molecule has 0 saturated heterocycles. The lowest BCUT2D eigenvalue weighted by atomic mass is 9.89. The molecule has 2 aliphatic heterocycles. The number of benzene rings is 1. The molecule has 1 aromatic rings. The van der Waals surface area contributed by atoms with E-state index in [2.05, 4.69) is 0 Å². The number of fused-ring (bicyclic) bond motifs is 2. The highest BCUT2D eigenvalue weighted by Crippen LogP contribution is 2.45. The Balaban J connectivity index is 2.08. The van der Waals surface area contributed by atoms with Crippen LogP contribution in [0, 0.1) is 0 Å². The predicted molar refractivity (Wildman–Crippen MR) is 78.2 cm³/mol. The molecule has 1 aromatic carbocycles. The van der Waals surface area contributed by atoms with E-state index in [0.717, 1.165) is 41.9 Å². The van der Waals surface area contributed by atoms with Crippen molar-refractivity contribution in [2.24, 2.45) is 5.73 Å². The summed E-state index contributed by atoms with van der Waals surface area (Å²) in [5.41, 5.74) is 10.5. The molecule has 3 N–H and O–H groups in total. The van der Waals surface area contributed by atoms with E-state index in [1.807, 2.05) is 6.92 Å². The maximum Gasteiger partial charge on any atom is 0.303 e. The van der Waals surface area contributed by atoms with E-state index in [4.69, 9.17) is 20.3 Å². The summed E-state index contributed by atoms with van der Waals surface area (Å²) in [6.45, 7) is 3.30. The molecule has 0 amide bonds. The molecule has 1 atom stereocenters. The first-order valence-corrected chi connectivity index (χ1v) is 7.50. The first-order chi connectivity index (χ1) is 10.1. The normalized spacial score (nSPS) is 16.9. The summed E-state index contributed by atoms with van der Waals surface area (Å²) in [5.74, 6) is 1.06. The summed E-state index contributed by atoms with van der Waals surface area (Å²) in [5, 5.41) is 8.96. The van der Waals surface area contributed by atoms with Crippen LogP contribution in [0.25, 0.3) is 0 Å². The Morgan fingerprint density at radius 3 is 2.33 bits per heavy atom. The molecule has 0 spiro atoms. The number of aliphatic carboxylic acids is 1. The molecule has 0 fully saturated rings. The van der Waals surface area contributed by atoms with Crippen molar-refractivity contribution in [3.8, 4) is 11.5 Å². The van der Waals surface area contributed by atoms with Crippen molar-refractivity contribution in [2.75, 3.05) is 13.2 Å². The average Bonchev–Trinajstić information content (AvgIpc) is 3.04. The van der Waals surface area contributed by atoms with Crippen molar-refractivity contribution in [1.82, 2.24) is 0 Å². The molecule has 0 unspecified atom stereocenters. The SMILES string of the molecule is C[C@@H](N)Cc1c2c(c(CCC(=O)O)c3c1OCC3)OCC2. The molecule has 0 saturated carbocycles. The molecule has 2 heterocycles. The lowest BCUT2D eigenvalue weighted by Crippen LogP contribution is -2.19. The fraction of sp³-hybridized carbons (Fsp3) is 0.562. The molecule has 114 valence electrons. The van der Waals surface area contributed by atoms with Crippen molar-refractivity contribution in [1.29, 1.82) is 0 Å². The third-order valence-corrected chi connectivity index (χ3v) is 4.14. The van der Waals surface area contributed by atoms with Gasteiger partial charge in [0.1, 0.15) is 11.5 Å². The first kappa shape index (κ1) is 14.2. The van der Waals surface area contributed by atoms with E-state index in [-0.39, 0.29) is 12.5 Å². The highest BCUT2D eigenvalue weighted by Gasteiger charge is 2.31. The standard InChI is InChI=1S/C16H21NO4/c1-9(17)8-13-12-5-7-20-15(12)10(2-3-14(18)19)11-4-6-21-16(11)13/h9H,2-8,17H2,1H3,(H,18,19)/t9-/m1/s1. The Labute approximate surface area is 124 Å². The highest BCUT2D eigenvalue weighted by molar-refractivity contribution is 5.69. The molecule has 0 radical (unpaired) electrons. The lowest BCUT2D eigenvalue weighted by molar-refractivity contribution is -0.136. The van der Waals surface area contributed by atoms with E-state index < -0.39 is 5.97 Å². The van der Waals surface area contributed by atoms with E-state index in [0.29, 0.717) is 19.6 Å². The van der Waals surface area contributed by atoms with Crippen LogP contribution in [0.3, 0.4) is 0 Å². The summed E-state index contributed by atoms with van der Waals surface area (Å²) >= 11 is 0. The molecule has 0 aromatic heterocycles. The number of carboxylic acids is 1. The molecule has 0 bridgehead atoms. The molecular formula is C16H21NO4. The van der Waals surface area contributed by atoms with Crippen LogP contribution in [0.2, 0.25) is 0 Å². The van der Waals surface area contributed by atoms with Gasteiger partial charge >= 0.3 is 5.97 Å². The monoisotopic (exact) mass is 291 g/mol. The van der Waals surface area contributed by atoms with E-state index in [1.165, 1.54) is 11.1 Å². The number of nitrogens with two attached hydrogens (primary N) is 1. The minimum Gasteiger partial charge on any atom is -0.493 e. The van der Waals surface area contributed by atoms with Crippen LogP contribution in [0.5, 0.6) is 11.5 Å². The Bertz CT molecular complexity index is 545. The second-order valence-corrected chi connectivity index (χ2v) is 5.84. The minimum atomic E-state index is -0.783. The fourth-order valence-electron chi connectivity index (χ4n) is 3.33. The first-order valence-electron chi connectivity index (χ1n) is 7.50. The van der Waals surface area contributed by atoms with Gasteiger partial charge in [0.25, 0.3) is 0 Å². The van der Waals surface area contributed by atoms with E-state index >= 15 is 0 Å². The van der Waals surface area contributed by atoms with Crippen LogP contribution in [-0.2, 0) is 30.5 Å². The van der Waals surface area contributed by atoms with Crippen LogP contribution in [0.4, 0.5) is 0 Å². The van der Waals surface area contributed by atoms with Gasteiger partial charge in [0.15, 0.2) is 0 Å². The molecule has 2 aliphatic rings. The summed E-state index contributed by atoms with van der Waals surface area (Å²) in [6.07, 6.45) is 3.07. The van der Waals surface area contributed by atoms with Crippen molar-refractivity contribution in [3.05, 3.63) is 22.3 Å². The second kappa shape index (κ2) is 5.56. The van der Waals surface area contributed by atoms with Crippen LogP contribution in [-0.4, -0.2) is 30.3 Å². The van der Waals surface area contributed by atoms with Gasteiger partial charge < -0.3 is 20.3 Å². The lowest BCUT2D eigenvalue weighted by Gasteiger charge is -2.18. The summed E-state index contributed by atoms with van der Waals surface area (Å²) in [4.78, 5) is 10.9. The summed E-state index contributed by atoms with van der Waals surface area (Å²) in [6, 6.07) is 0.0628. The summed E-state index contributed by atoms with van der Waals surface area (Å²) in [7, 11) is 0. The third kappa shape index (κ3) is 2.58. The zero-order valence-corrected chi connectivity index (χ0v) is 12.3. The van der Waals surface area contributed by atoms with Gasteiger partial charge in [-0.15, -0.1) is 0 Å². The second-order valence-electron chi connectivity index (χ2n) is 5.84. The average molecular weight is 291 g/mol. The van der Waals surface area contributed by atoms with Gasteiger partial charge in [0.05, 0.1) is 13.2 Å². The summed E-state index contributed by atoms with van der Waals surface area (Å²) < 4.78 is 11.7. The van der Waals surface area contributed by atoms with Gasteiger partial charge in [0, 0.05) is 47.6 Å². The van der Waals surface area contributed by atoms with Gasteiger partial charge in [-0.2, -0.15) is 0 Å². The molecule has 5 nitrogen and oxygen atoms in total. The van der Waals surface area contributed by atoms with E-state index in [9.17, 15) is 4.79 Å². The highest BCUT2D eigenvalue weighted by atomic mass is 16.5. The Morgan fingerprint density at radius 2 is 1.76 bits per heavy atom. The number of hydrogen-bond acceptors (Lipinski definition) is 4. The molecule has 21 heavy (non-hydrogen) atoms. The Hall–Kier alpha value is -1.75. The van der Waals surface area contributed by atoms with Crippen molar-refractivity contribution in [3.63, 3.8) is 0 Å². The number of rotatable bonds is 5. The predicted octanol–water partition coefficient (Wildman–Crippen LogP) is 1.46. The Morgan fingerprint density at radius 1 is 1.19 bits per heavy atom. The van der Waals surface area contributed by atoms with Crippen LogP contribution >= 0.6 is 0 Å². The minimum absolute atomic E-state index is 0.0628. The molecule has 5 heteroatoms. The number of carbonyl (C=O) groups is 1. The topological polar surface area (TPSA) is 81.8 Å². The van der Waals surface area contributed by atoms with Gasteiger partial charge in [-0.3, -0.25) is 4.79 Å². The quantitative estimate of drug-likeness (QED) is 0.858. The van der Waals surface area contributed by atoms with Gasteiger partial charge in [-0.25, -0.2) is 0 Å². The zero-order chi connectivity index (χ0) is 15.0. The van der Waals surface area contributed by atoms with Crippen molar-refractivity contribution >= 4 is 5.97 Å². The number of hydrogen-bond donors (Lipinski definition) is 2. The van der Waals surface area contributed by atoms with Crippen molar-refractivity contribution < 1.29 is 19.4 Å². The molecule has 3 rings (SSSR count). The fourth-order valence-corrected chi connectivity index (χ4v) is 3.33. The zero-order valence-electron chi connectivity index (χ0n) is 12.3. The van der Waals surface area contributed by atoms with Crippen LogP contribution < -0.4 is 15.2 Å². The van der Waals surface area contributed by atoms with Crippen molar-refractivity contribution in [2.45, 2.75) is 45.1 Å². The maximum absolute atomic E-state index is 10.9. The third-order valence-electron chi connectivity index (χ3n) is 4.14. The Kier molecular flexibility index (Phi) is 3.76. The van der Waals surface area contributed by atoms with Gasteiger partial charge in [0.2, 0.25) is 0 Å². The van der Waals surface area contributed by atoms with Gasteiger partial charge in [-0.1, -0.05) is 0 Å². The maximum atomic E-state index is 10.9. The molecule has 0 aliphatic carbocycles. The van der Waals surface area contributed by atoms with E-state index in [1.54, 1.807) is 0 Å². The van der Waals surface area contributed by atoms with Gasteiger partial charge in [-0.05, 0) is 19.8 Å². The number of ether oxygens (including phenoxy) is 2. The van der Waals surface area contributed by atoms with Crippen LogP contribution in [0.1, 0.15) is 35.6 Å². The van der Waals surface area contributed by atoms with Crippen LogP contribution in [0.15, 0.2) is 0 Å².